The molecular formula is C28H17Cl5O4. The Hall–Kier alpha value is -2.73. The summed E-state index contributed by atoms with van der Waals surface area (Å²) in [7, 11) is 0. The molecule has 0 aromatic heterocycles. The van der Waals surface area contributed by atoms with Crippen molar-refractivity contribution >= 4 is 70.2 Å². The van der Waals surface area contributed by atoms with Crippen LogP contribution in [0.25, 0.3) is 34.4 Å². The molecule has 0 spiro atoms. The summed E-state index contributed by atoms with van der Waals surface area (Å²) in [5.41, 5.74) is 3.87. The normalized spacial score (nSPS) is 12.6. The Balaban J connectivity index is 1.83. The maximum absolute atomic E-state index is 11.0. The van der Waals surface area contributed by atoms with E-state index in [2.05, 4.69) is 0 Å². The number of rotatable bonds is 0. The van der Waals surface area contributed by atoms with Gasteiger partial charge in [0, 0.05) is 16.7 Å². The number of phenolic OH excluding ortho intramolecular Hbond substituents is 4. The molecule has 0 aliphatic heterocycles. The van der Waals surface area contributed by atoms with E-state index in [9.17, 15) is 20.4 Å². The number of hydrogen-bond acceptors (Lipinski definition) is 4. The van der Waals surface area contributed by atoms with E-state index in [1.54, 1.807) is 48.6 Å². The number of aromatic hydroxyl groups is 4. The molecule has 4 nitrogen and oxygen atoms in total. The zero-order valence-corrected chi connectivity index (χ0v) is 22.6. The SMILES string of the molecule is Oc1c(Cl)cc2cc1-c1cc(cc(Cl)c1O)CCc1c(cc(Cl)c(O)c1Cl)-c1ccc(c(Cl)c1O)C=C2. The van der Waals surface area contributed by atoms with E-state index >= 15 is 0 Å². The quantitative estimate of drug-likeness (QED) is 0.164. The van der Waals surface area contributed by atoms with E-state index in [0.29, 0.717) is 46.2 Å². The second-order valence-corrected chi connectivity index (χ2v) is 10.6. The largest absolute Gasteiger partial charge is 0.506 e. The Morgan fingerprint density at radius 3 is 1.89 bits per heavy atom. The number of phenols is 4. The number of benzene rings is 4. The summed E-state index contributed by atoms with van der Waals surface area (Å²) in [5.74, 6) is -0.863. The molecule has 0 heterocycles. The van der Waals surface area contributed by atoms with Gasteiger partial charge in [0.15, 0.2) is 5.75 Å². The molecule has 188 valence electrons. The molecule has 0 saturated heterocycles. The van der Waals surface area contributed by atoms with E-state index in [1.165, 1.54) is 6.07 Å². The Bertz CT molecular complexity index is 1630. The van der Waals surface area contributed by atoms with Crippen molar-refractivity contribution in [3.63, 3.8) is 0 Å². The molecule has 6 bridgehead atoms. The van der Waals surface area contributed by atoms with Gasteiger partial charge in [0.25, 0.3) is 0 Å². The summed E-state index contributed by atoms with van der Waals surface area (Å²) < 4.78 is 0. The minimum Gasteiger partial charge on any atom is -0.506 e. The zero-order valence-electron chi connectivity index (χ0n) is 18.8. The van der Waals surface area contributed by atoms with Gasteiger partial charge in [0.05, 0.1) is 25.1 Å². The Morgan fingerprint density at radius 1 is 0.514 bits per heavy atom. The average Bonchev–Trinajstić information content (AvgIpc) is 2.86. The first-order valence-electron chi connectivity index (χ1n) is 11.0. The third-order valence-electron chi connectivity index (χ3n) is 6.35. The maximum Gasteiger partial charge on any atom is 0.153 e. The fourth-order valence-electron chi connectivity index (χ4n) is 4.44. The lowest BCUT2D eigenvalue weighted by molar-refractivity contribution is 0.469. The van der Waals surface area contributed by atoms with Crippen molar-refractivity contribution in [3.05, 3.63) is 89.8 Å². The smallest absolute Gasteiger partial charge is 0.153 e. The summed E-state index contributed by atoms with van der Waals surface area (Å²) in [6.45, 7) is 0. The standard InChI is InChI=1S/C28H17Cl5O4/c29-20-9-12-1-3-14-4-6-16(27(36)23(14)32)17-11-22(31)28(37)24(33)15(17)5-2-13-8-19(18(7-12)25(20)34)26(35)21(30)10-13/h1,3-4,6-11,34-37H,2,5H2. The van der Waals surface area contributed by atoms with Crippen molar-refractivity contribution in [1.29, 1.82) is 0 Å². The molecule has 0 unspecified atom stereocenters. The highest BCUT2D eigenvalue weighted by molar-refractivity contribution is 6.38. The second-order valence-electron chi connectivity index (χ2n) is 8.62. The van der Waals surface area contributed by atoms with E-state index in [0.717, 1.165) is 5.56 Å². The van der Waals surface area contributed by atoms with E-state index in [4.69, 9.17) is 58.0 Å². The lowest BCUT2D eigenvalue weighted by Gasteiger charge is -2.18. The molecule has 0 fully saturated rings. The molecule has 9 heteroatoms. The Morgan fingerprint density at radius 2 is 1.16 bits per heavy atom. The first-order valence-corrected chi connectivity index (χ1v) is 12.9. The number of fused-ring (bicyclic) bond motifs is 3. The van der Waals surface area contributed by atoms with Crippen LogP contribution in [0.4, 0.5) is 0 Å². The van der Waals surface area contributed by atoms with Crippen LogP contribution in [0, 0.1) is 0 Å². The highest BCUT2D eigenvalue weighted by atomic mass is 35.5. The van der Waals surface area contributed by atoms with Crippen molar-refractivity contribution in [1.82, 2.24) is 0 Å². The molecule has 4 aromatic carbocycles. The van der Waals surface area contributed by atoms with Crippen molar-refractivity contribution in [2.75, 3.05) is 0 Å². The Kier molecular flexibility index (Phi) is 6.90. The molecule has 0 saturated carbocycles. The van der Waals surface area contributed by atoms with Gasteiger partial charge in [-0.05, 0) is 77.1 Å². The van der Waals surface area contributed by atoms with E-state index in [-0.39, 0.29) is 53.7 Å². The molecule has 6 rings (SSSR count). The predicted octanol–water partition coefficient (Wildman–Crippen LogP) is 9.38. The van der Waals surface area contributed by atoms with Crippen LogP contribution in [0.1, 0.15) is 22.3 Å². The van der Waals surface area contributed by atoms with Gasteiger partial charge in [-0.25, -0.2) is 0 Å². The number of halogens is 5. The van der Waals surface area contributed by atoms with Crippen LogP contribution in [-0.2, 0) is 12.8 Å². The number of aryl methyl sites for hydroxylation is 1. The summed E-state index contributed by atoms with van der Waals surface area (Å²) in [6.07, 6.45) is 4.08. The summed E-state index contributed by atoms with van der Waals surface area (Å²) >= 11 is 32.0. The second kappa shape index (κ2) is 9.86. The molecule has 2 aliphatic carbocycles. The monoisotopic (exact) mass is 592 g/mol. The van der Waals surface area contributed by atoms with Crippen molar-refractivity contribution in [3.8, 4) is 45.3 Å². The fraction of sp³-hybridized carbons (Fsp3) is 0.0714. The minimum atomic E-state index is -0.276. The average molecular weight is 595 g/mol. The lowest BCUT2D eigenvalue weighted by Crippen LogP contribution is -1.99. The zero-order chi connectivity index (χ0) is 26.6. The lowest BCUT2D eigenvalue weighted by atomic mass is 9.91. The third kappa shape index (κ3) is 4.58. The van der Waals surface area contributed by atoms with Crippen LogP contribution in [-0.4, -0.2) is 20.4 Å². The molecular weight excluding hydrogens is 578 g/mol. The number of hydrogen-bond donors (Lipinski definition) is 4. The van der Waals surface area contributed by atoms with Crippen molar-refractivity contribution < 1.29 is 20.4 Å². The highest BCUT2D eigenvalue weighted by Crippen LogP contribution is 2.47. The molecule has 37 heavy (non-hydrogen) atoms. The van der Waals surface area contributed by atoms with E-state index < -0.39 is 0 Å². The van der Waals surface area contributed by atoms with Gasteiger partial charge in [-0.2, -0.15) is 0 Å². The van der Waals surface area contributed by atoms with Crippen LogP contribution in [0.15, 0.2) is 42.5 Å². The predicted molar refractivity (Wildman–Crippen MR) is 152 cm³/mol. The van der Waals surface area contributed by atoms with Gasteiger partial charge in [0.2, 0.25) is 0 Å². The molecule has 0 amide bonds. The van der Waals surface area contributed by atoms with Gasteiger partial charge in [0.1, 0.15) is 17.2 Å². The van der Waals surface area contributed by atoms with Crippen molar-refractivity contribution in [2.24, 2.45) is 0 Å². The van der Waals surface area contributed by atoms with Gasteiger partial charge < -0.3 is 20.4 Å². The topological polar surface area (TPSA) is 80.9 Å². The fourth-order valence-corrected chi connectivity index (χ4v) is 5.69. The van der Waals surface area contributed by atoms with E-state index in [1.807, 2.05) is 0 Å². The molecule has 0 atom stereocenters. The molecule has 4 aromatic rings. The minimum absolute atomic E-state index is 0.0263. The van der Waals surface area contributed by atoms with Crippen LogP contribution in [0.5, 0.6) is 23.0 Å². The van der Waals surface area contributed by atoms with Gasteiger partial charge in [-0.15, -0.1) is 0 Å². The highest BCUT2D eigenvalue weighted by Gasteiger charge is 2.22. The first kappa shape index (κ1) is 25.9. The van der Waals surface area contributed by atoms with Gasteiger partial charge >= 0.3 is 0 Å². The summed E-state index contributed by atoms with van der Waals surface area (Å²) in [4.78, 5) is 0. The van der Waals surface area contributed by atoms with Crippen LogP contribution >= 0.6 is 58.0 Å². The molecule has 0 radical (unpaired) electrons. The molecule has 4 N–H and O–H groups in total. The van der Waals surface area contributed by atoms with Crippen LogP contribution < -0.4 is 0 Å². The molecule has 2 aliphatic rings. The maximum atomic E-state index is 11.0. The van der Waals surface area contributed by atoms with Crippen LogP contribution in [0.3, 0.4) is 0 Å². The van der Waals surface area contributed by atoms with Crippen molar-refractivity contribution in [2.45, 2.75) is 12.8 Å². The Labute approximate surface area is 237 Å². The van der Waals surface area contributed by atoms with Gasteiger partial charge in [-0.1, -0.05) is 76.2 Å². The van der Waals surface area contributed by atoms with Gasteiger partial charge in [-0.3, -0.25) is 0 Å². The third-order valence-corrected chi connectivity index (χ3v) is 8.02. The summed E-state index contributed by atoms with van der Waals surface area (Å²) in [6, 6.07) is 11.5. The van der Waals surface area contributed by atoms with Crippen LogP contribution in [0.2, 0.25) is 25.1 Å². The summed E-state index contributed by atoms with van der Waals surface area (Å²) in [5, 5.41) is 43.3. The first-order chi connectivity index (χ1) is 17.6.